The topological polar surface area (TPSA) is 19.4 Å². The van der Waals surface area contributed by atoms with Gasteiger partial charge in [0.15, 0.2) is 0 Å². The van der Waals surface area contributed by atoms with Crippen molar-refractivity contribution in [3.05, 3.63) is 158 Å². The molecular weight excluding hydrogens is 757 g/mol. The largest absolute Gasteiger partial charge is 0.505 e. The zero-order chi connectivity index (χ0) is 32.0. The van der Waals surface area contributed by atoms with Gasteiger partial charge in [0, 0.05) is 42.9 Å². The second kappa shape index (κ2) is 15.6. The number of hydrogen-bond acceptors (Lipinski definition) is 6. The standard InChI is InChI=1S/C26H30N4.C14H12N2.Ir/c1-21-23(3)29(25-13-7-5-8-14-25)19-27(21)17-11-12-18-28-20-30(24(4)22(28)2)26-15-9-6-10-16-26;1-15-11-16(12-7-3-2-4-8-12)14-10-6-5-9-13(14)15;/h5-10,13,15,19-20H,11-12,17-18H2,1-4H3;2-7,9-11H,1H3;/q-4;-2;. The van der Waals surface area contributed by atoms with E-state index in [2.05, 4.69) is 157 Å². The number of para-hydroxylation sites is 5. The Morgan fingerprint density at radius 1 is 0.489 bits per heavy atom. The quantitative estimate of drug-likeness (QED) is 0.130. The van der Waals surface area contributed by atoms with Crippen LogP contribution in [0.3, 0.4) is 0 Å². The van der Waals surface area contributed by atoms with Gasteiger partial charge < -0.3 is 29.4 Å². The maximum atomic E-state index is 3.32. The van der Waals surface area contributed by atoms with Crippen molar-refractivity contribution < 1.29 is 20.1 Å². The molecule has 3 aliphatic rings. The molecule has 0 unspecified atom stereocenters. The Labute approximate surface area is 295 Å². The maximum Gasteiger partial charge on any atom is 0.0326 e. The molecule has 4 aromatic rings. The van der Waals surface area contributed by atoms with Gasteiger partial charge in [0.25, 0.3) is 0 Å². The zero-order valence-electron chi connectivity index (χ0n) is 27.8. The molecule has 7 rings (SSSR count). The van der Waals surface area contributed by atoms with Gasteiger partial charge in [-0.1, -0.05) is 12.1 Å². The van der Waals surface area contributed by atoms with E-state index in [1.807, 2.05) is 42.5 Å². The van der Waals surface area contributed by atoms with Gasteiger partial charge >= 0.3 is 0 Å². The van der Waals surface area contributed by atoms with E-state index in [-0.39, 0.29) is 20.1 Å². The smallest absolute Gasteiger partial charge is 0.0326 e. The molecule has 3 heterocycles. The number of allylic oxidation sites excluding steroid dienone is 4. The van der Waals surface area contributed by atoms with Crippen LogP contribution in [0.15, 0.2) is 120 Å². The summed E-state index contributed by atoms with van der Waals surface area (Å²) in [7, 11) is 2.06. The van der Waals surface area contributed by atoms with Crippen molar-refractivity contribution >= 4 is 28.4 Å². The van der Waals surface area contributed by atoms with E-state index in [1.165, 1.54) is 34.2 Å². The molecule has 7 heteroatoms. The minimum atomic E-state index is 0. The minimum absolute atomic E-state index is 0. The van der Waals surface area contributed by atoms with Crippen molar-refractivity contribution in [1.29, 1.82) is 0 Å². The number of nitrogens with zero attached hydrogens (tertiary/aromatic N) is 6. The van der Waals surface area contributed by atoms with E-state index in [1.54, 1.807) is 0 Å². The van der Waals surface area contributed by atoms with Crippen LogP contribution >= 0.6 is 0 Å². The molecule has 0 aliphatic carbocycles. The van der Waals surface area contributed by atoms with Crippen LogP contribution in [0.25, 0.3) is 0 Å². The molecule has 0 N–H and O–H groups in total. The molecule has 3 aliphatic heterocycles. The summed E-state index contributed by atoms with van der Waals surface area (Å²) in [6.45, 7) is 17.3. The summed E-state index contributed by atoms with van der Waals surface area (Å²) in [5.41, 5.74) is 10.9. The first kappa shape index (κ1) is 34.2. The molecule has 1 radical (unpaired) electrons. The number of benzene rings is 4. The minimum Gasteiger partial charge on any atom is -0.505 e. The van der Waals surface area contributed by atoms with Crippen LogP contribution in [0.2, 0.25) is 0 Å². The van der Waals surface area contributed by atoms with Crippen LogP contribution in [0.1, 0.15) is 40.5 Å². The second-order valence-electron chi connectivity index (χ2n) is 11.7. The SMILES string of the molecule is CC1=C(C)N(c2[c-]cccc2)[CH-]N1CCCCN1[CH-]N(c2[c-]cccc2)C(C)=C1C.CN1[CH-]N(c2[c-]cccc2)c2ccccc21.[Ir]. The summed E-state index contributed by atoms with van der Waals surface area (Å²) >= 11 is 0. The van der Waals surface area contributed by atoms with Gasteiger partial charge in [0.2, 0.25) is 0 Å². The average Bonchev–Trinajstić information content (AvgIpc) is 3.70. The van der Waals surface area contributed by atoms with Crippen molar-refractivity contribution in [2.75, 3.05) is 39.7 Å². The fourth-order valence-corrected chi connectivity index (χ4v) is 5.95. The summed E-state index contributed by atoms with van der Waals surface area (Å²) in [6, 6.07) is 42.5. The molecule has 0 spiro atoms. The van der Waals surface area contributed by atoms with Gasteiger partial charge in [-0.15, -0.1) is 17.1 Å². The molecule has 0 aromatic heterocycles. The molecular formula is C40H42IrN6-6. The zero-order valence-corrected chi connectivity index (χ0v) is 30.2. The monoisotopic (exact) mass is 799 g/mol. The van der Waals surface area contributed by atoms with E-state index >= 15 is 0 Å². The molecule has 247 valence electrons. The van der Waals surface area contributed by atoms with E-state index in [0.29, 0.717) is 0 Å². The Morgan fingerprint density at radius 3 is 1.32 bits per heavy atom. The third-order valence-corrected chi connectivity index (χ3v) is 8.86. The number of fused-ring (bicyclic) bond motifs is 1. The van der Waals surface area contributed by atoms with Crippen LogP contribution in [0.5, 0.6) is 0 Å². The number of rotatable bonds is 8. The maximum absolute atomic E-state index is 3.32. The first-order chi connectivity index (χ1) is 22.4. The van der Waals surface area contributed by atoms with Crippen LogP contribution in [0, 0.1) is 38.2 Å². The Kier molecular flexibility index (Phi) is 11.3. The first-order valence-electron chi connectivity index (χ1n) is 16.0. The van der Waals surface area contributed by atoms with Gasteiger partial charge in [-0.2, -0.15) is 111 Å². The summed E-state index contributed by atoms with van der Waals surface area (Å²) < 4.78 is 0. The van der Waals surface area contributed by atoms with Gasteiger partial charge in [0.1, 0.15) is 0 Å². The van der Waals surface area contributed by atoms with Crippen LogP contribution < -0.4 is 19.6 Å². The normalized spacial score (nSPS) is 15.7. The first-order valence-corrected chi connectivity index (χ1v) is 16.0. The molecule has 6 nitrogen and oxygen atoms in total. The third-order valence-electron chi connectivity index (χ3n) is 8.86. The average molecular weight is 799 g/mol. The van der Waals surface area contributed by atoms with E-state index < -0.39 is 0 Å². The van der Waals surface area contributed by atoms with E-state index in [0.717, 1.165) is 43.0 Å². The summed E-state index contributed by atoms with van der Waals surface area (Å²) in [5.74, 6) is 0. The summed E-state index contributed by atoms with van der Waals surface area (Å²) in [6.07, 6.45) is 2.28. The molecule has 0 bridgehead atoms. The third kappa shape index (κ3) is 7.53. The van der Waals surface area contributed by atoms with Crippen molar-refractivity contribution in [2.45, 2.75) is 40.5 Å². The van der Waals surface area contributed by atoms with Crippen molar-refractivity contribution in [3.8, 4) is 0 Å². The predicted octanol–water partition coefficient (Wildman–Crippen LogP) is 8.94. The Morgan fingerprint density at radius 2 is 0.894 bits per heavy atom. The molecule has 0 saturated carbocycles. The number of hydrogen-bond donors (Lipinski definition) is 0. The Hall–Kier alpha value is -4.19. The van der Waals surface area contributed by atoms with Crippen LogP contribution in [0.4, 0.5) is 28.4 Å². The Balaban J connectivity index is 0.000000214. The van der Waals surface area contributed by atoms with Gasteiger partial charge in [-0.05, 0) is 84.2 Å². The van der Waals surface area contributed by atoms with Gasteiger partial charge in [-0.25, -0.2) is 0 Å². The number of unbranched alkanes of at least 4 members (excludes halogenated alkanes) is 1. The van der Waals surface area contributed by atoms with E-state index in [4.69, 9.17) is 0 Å². The fraction of sp³-hybridized carbons (Fsp3) is 0.225. The fourth-order valence-electron chi connectivity index (χ4n) is 5.95. The van der Waals surface area contributed by atoms with Crippen LogP contribution in [-0.2, 0) is 20.1 Å². The summed E-state index contributed by atoms with van der Waals surface area (Å²) in [5, 5.41) is 0. The number of anilines is 5. The molecule has 4 aromatic carbocycles. The molecule has 0 amide bonds. The summed E-state index contributed by atoms with van der Waals surface area (Å²) in [4.78, 5) is 13.5. The van der Waals surface area contributed by atoms with Crippen molar-refractivity contribution in [3.63, 3.8) is 0 Å². The predicted molar refractivity (Wildman–Crippen MR) is 190 cm³/mol. The molecule has 0 saturated heterocycles. The molecule has 47 heavy (non-hydrogen) atoms. The molecule has 0 fully saturated rings. The Bertz CT molecular complexity index is 1580. The molecule has 0 atom stereocenters. The second-order valence-corrected chi connectivity index (χ2v) is 11.7. The van der Waals surface area contributed by atoms with Crippen molar-refractivity contribution in [2.24, 2.45) is 0 Å². The van der Waals surface area contributed by atoms with Crippen LogP contribution in [-0.4, -0.2) is 29.9 Å². The van der Waals surface area contributed by atoms with E-state index in [9.17, 15) is 0 Å². The van der Waals surface area contributed by atoms with Gasteiger partial charge in [0.05, 0.1) is 0 Å². The van der Waals surface area contributed by atoms with Gasteiger partial charge in [-0.3, -0.25) is 0 Å². The van der Waals surface area contributed by atoms with Crippen molar-refractivity contribution in [1.82, 2.24) is 9.80 Å².